The van der Waals surface area contributed by atoms with Gasteiger partial charge >= 0.3 is 6.03 Å². The van der Waals surface area contributed by atoms with Gasteiger partial charge in [-0.05, 0) is 30.2 Å². The summed E-state index contributed by atoms with van der Waals surface area (Å²) < 4.78 is 0. The van der Waals surface area contributed by atoms with Gasteiger partial charge in [0.2, 0.25) is 0 Å². The van der Waals surface area contributed by atoms with E-state index in [9.17, 15) is 9.59 Å². The molecule has 26 heavy (non-hydrogen) atoms. The first-order chi connectivity index (χ1) is 12.6. The van der Waals surface area contributed by atoms with Crippen LogP contribution in [0, 0.1) is 5.41 Å². The van der Waals surface area contributed by atoms with Crippen LogP contribution in [0.3, 0.4) is 0 Å². The third kappa shape index (κ3) is 3.04. The molecule has 140 valence electrons. The molecule has 3 fully saturated rings. The summed E-state index contributed by atoms with van der Waals surface area (Å²) in [6.07, 6.45) is 2.67. The largest absolute Gasteiger partial charge is 0.345 e. The molecular weight excluding hydrogens is 336 g/mol. The van der Waals surface area contributed by atoms with Gasteiger partial charge in [-0.2, -0.15) is 5.06 Å². The number of carbonyl (C=O) groups is 2. The van der Waals surface area contributed by atoms with E-state index in [1.54, 1.807) is 4.90 Å². The van der Waals surface area contributed by atoms with Crippen molar-refractivity contribution >= 4 is 11.9 Å². The van der Waals surface area contributed by atoms with Crippen molar-refractivity contribution in [1.82, 2.24) is 15.4 Å². The number of nitrogens with one attached hydrogen (secondary N) is 1. The Labute approximate surface area is 152 Å². The number of nitrogens with zero attached hydrogens (tertiary/aromatic N) is 2. The van der Waals surface area contributed by atoms with Crippen molar-refractivity contribution in [2.24, 2.45) is 11.1 Å². The lowest BCUT2D eigenvalue weighted by atomic mass is 9.85. The van der Waals surface area contributed by atoms with E-state index in [-0.39, 0.29) is 30.0 Å². The van der Waals surface area contributed by atoms with E-state index in [1.165, 1.54) is 5.06 Å². The van der Waals surface area contributed by atoms with Gasteiger partial charge in [0.1, 0.15) is 12.6 Å². The fraction of sp³-hybridized carbons (Fsp3) is 0.556. The van der Waals surface area contributed by atoms with E-state index in [0.29, 0.717) is 26.1 Å². The quantitative estimate of drug-likeness (QED) is 0.553. The van der Waals surface area contributed by atoms with Gasteiger partial charge in [0, 0.05) is 13.1 Å². The predicted molar refractivity (Wildman–Crippen MR) is 92.2 cm³/mol. The van der Waals surface area contributed by atoms with E-state index in [0.717, 1.165) is 18.4 Å². The van der Waals surface area contributed by atoms with Crippen LogP contribution in [0.4, 0.5) is 4.79 Å². The summed E-state index contributed by atoms with van der Waals surface area (Å²) in [5.41, 5.74) is 8.77. The maximum atomic E-state index is 12.9. The van der Waals surface area contributed by atoms with Crippen LogP contribution in [-0.4, -0.2) is 53.7 Å². The molecule has 1 saturated carbocycles. The molecule has 1 spiro atoms. The molecule has 1 aliphatic carbocycles. The average Bonchev–Trinajstić information content (AvgIpc) is 3.37. The zero-order chi connectivity index (χ0) is 18.1. The van der Waals surface area contributed by atoms with E-state index < -0.39 is 6.04 Å². The summed E-state index contributed by atoms with van der Waals surface area (Å²) in [7, 11) is 0. The van der Waals surface area contributed by atoms with Crippen LogP contribution in [0.1, 0.15) is 24.8 Å². The minimum Gasteiger partial charge on any atom is -0.328 e. The number of amides is 3. The van der Waals surface area contributed by atoms with Crippen LogP contribution in [0.15, 0.2) is 30.3 Å². The number of nitrogens with two attached hydrogens (primary N) is 1. The molecule has 2 bridgehead atoms. The molecule has 2 unspecified atom stereocenters. The fourth-order valence-corrected chi connectivity index (χ4v) is 3.98. The van der Waals surface area contributed by atoms with Crippen molar-refractivity contribution in [2.75, 3.05) is 19.7 Å². The lowest BCUT2D eigenvalue weighted by Gasteiger charge is -2.35. The predicted octanol–water partition coefficient (Wildman–Crippen LogP) is 0.783. The molecular formula is C18H24N4O4. The molecule has 8 heteroatoms. The third-order valence-corrected chi connectivity index (χ3v) is 5.57. The highest BCUT2D eigenvalue weighted by Gasteiger charge is 2.64. The van der Waals surface area contributed by atoms with E-state index >= 15 is 0 Å². The van der Waals surface area contributed by atoms with Crippen molar-refractivity contribution in [1.29, 1.82) is 0 Å². The fourth-order valence-electron chi connectivity index (χ4n) is 3.98. The Morgan fingerprint density at radius 1 is 1.31 bits per heavy atom. The van der Waals surface area contributed by atoms with Crippen molar-refractivity contribution in [3.05, 3.63) is 35.9 Å². The molecule has 3 aliphatic rings. The van der Waals surface area contributed by atoms with Crippen LogP contribution < -0.4 is 11.2 Å². The average molecular weight is 360 g/mol. The Balaban J connectivity index is 1.45. The van der Waals surface area contributed by atoms with Gasteiger partial charge in [-0.25, -0.2) is 10.3 Å². The summed E-state index contributed by atoms with van der Waals surface area (Å²) in [5, 5.41) is 1.49. The number of piperidine rings is 1. The Bertz CT molecular complexity index is 679. The molecule has 2 saturated heterocycles. The van der Waals surface area contributed by atoms with Crippen LogP contribution >= 0.6 is 0 Å². The molecule has 3 amide bonds. The summed E-state index contributed by atoms with van der Waals surface area (Å²) in [6, 6.07) is 8.99. The standard InChI is InChI=1S/C18H24N4O4/c19-8-9-25-20-16(23)14-10-18(6-7-18)15-11-21(14)17(24)22(15)26-12-13-4-2-1-3-5-13/h1-5,14-15H,6-12,19H2,(H,20,23). The number of hydrogen-bond donors (Lipinski definition) is 2. The molecule has 0 radical (unpaired) electrons. The van der Waals surface area contributed by atoms with Gasteiger partial charge in [-0.15, -0.1) is 0 Å². The lowest BCUT2D eigenvalue weighted by Crippen LogP contribution is -2.52. The highest BCUT2D eigenvalue weighted by Crippen LogP contribution is 2.59. The summed E-state index contributed by atoms with van der Waals surface area (Å²) in [6.45, 7) is 1.42. The SMILES string of the molecule is NCCONC(=O)C1CC2(CC2)C2CN1C(=O)N2OCc1ccccc1. The number of hydrogen-bond acceptors (Lipinski definition) is 5. The van der Waals surface area contributed by atoms with Gasteiger partial charge in [0.15, 0.2) is 0 Å². The van der Waals surface area contributed by atoms with Gasteiger partial charge in [-0.1, -0.05) is 30.3 Å². The Hall–Kier alpha value is -2.16. The smallest absolute Gasteiger partial charge is 0.328 e. The van der Waals surface area contributed by atoms with Crippen molar-refractivity contribution in [3.63, 3.8) is 0 Å². The first kappa shape index (κ1) is 17.3. The van der Waals surface area contributed by atoms with Crippen LogP contribution in [0.2, 0.25) is 0 Å². The second kappa shape index (κ2) is 6.86. The zero-order valence-corrected chi connectivity index (χ0v) is 14.6. The molecule has 2 atom stereocenters. The molecule has 4 rings (SSSR count). The maximum absolute atomic E-state index is 12.9. The normalized spacial score (nSPS) is 25.7. The third-order valence-electron chi connectivity index (χ3n) is 5.57. The lowest BCUT2D eigenvalue weighted by molar-refractivity contribution is -0.154. The van der Waals surface area contributed by atoms with Gasteiger partial charge in [-0.3, -0.25) is 14.5 Å². The van der Waals surface area contributed by atoms with Crippen LogP contribution in [0.25, 0.3) is 0 Å². The van der Waals surface area contributed by atoms with Crippen molar-refractivity contribution in [3.8, 4) is 0 Å². The van der Waals surface area contributed by atoms with Gasteiger partial charge in [0.05, 0.1) is 12.6 Å². The van der Waals surface area contributed by atoms with E-state index in [2.05, 4.69) is 5.48 Å². The first-order valence-electron chi connectivity index (χ1n) is 9.03. The van der Waals surface area contributed by atoms with Crippen LogP contribution in [-0.2, 0) is 21.1 Å². The molecule has 1 aromatic carbocycles. The molecule has 0 aromatic heterocycles. The minimum absolute atomic E-state index is 0.00715. The summed E-state index contributed by atoms with van der Waals surface area (Å²) in [5.74, 6) is -0.290. The number of fused-ring (bicyclic) bond motifs is 3. The molecule has 3 N–H and O–H groups in total. The topological polar surface area (TPSA) is 97.1 Å². The highest BCUT2D eigenvalue weighted by atomic mass is 16.7. The maximum Gasteiger partial charge on any atom is 0.345 e. The zero-order valence-electron chi connectivity index (χ0n) is 14.6. The van der Waals surface area contributed by atoms with E-state index in [4.69, 9.17) is 15.4 Å². The van der Waals surface area contributed by atoms with Crippen LogP contribution in [0.5, 0.6) is 0 Å². The molecule has 2 heterocycles. The van der Waals surface area contributed by atoms with Crippen molar-refractivity contribution < 1.29 is 19.3 Å². The van der Waals surface area contributed by atoms with Gasteiger partial charge in [0.25, 0.3) is 5.91 Å². The Kier molecular flexibility index (Phi) is 4.56. The monoisotopic (exact) mass is 360 g/mol. The van der Waals surface area contributed by atoms with E-state index in [1.807, 2.05) is 30.3 Å². The van der Waals surface area contributed by atoms with Gasteiger partial charge < -0.3 is 10.6 Å². The summed E-state index contributed by atoms with van der Waals surface area (Å²) >= 11 is 0. The van der Waals surface area contributed by atoms with Crippen molar-refractivity contribution in [2.45, 2.75) is 38.0 Å². The molecule has 1 aromatic rings. The second-order valence-electron chi connectivity index (χ2n) is 7.22. The number of benzene rings is 1. The molecule has 8 nitrogen and oxygen atoms in total. The number of hydroxylamine groups is 3. The number of rotatable bonds is 7. The minimum atomic E-state index is -0.524. The molecule has 2 aliphatic heterocycles. The Morgan fingerprint density at radius 3 is 2.77 bits per heavy atom. The second-order valence-corrected chi connectivity index (χ2v) is 7.22. The number of urea groups is 1. The highest BCUT2D eigenvalue weighted by molar-refractivity contribution is 5.88. The number of carbonyl (C=O) groups excluding carboxylic acids is 2. The first-order valence-corrected chi connectivity index (χ1v) is 9.03. The summed E-state index contributed by atoms with van der Waals surface area (Å²) in [4.78, 5) is 37.9. The Morgan fingerprint density at radius 2 is 2.08 bits per heavy atom.